The molecule has 1 aliphatic carbocycles. The lowest BCUT2D eigenvalue weighted by Crippen LogP contribution is -2.40. The van der Waals surface area contributed by atoms with Gasteiger partial charge in [0.2, 0.25) is 11.8 Å². The minimum absolute atomic E-state index is 0.0353. The van der Waals surface area contributed by atoms with Gasteiger partial charge in [-0.25, -0.2) is 15.0 Å². The number of rotatable bonds is 8. The molecule has 0 saturated heterocycles. The highest BCUT2D eigenvalue weighted by molar-refractivity contribution is 8.02. The van der Waals surface area contributed by atoms with E-state index >= 15 is 0 Å². The van der Waals surface area contributed by atoms with Crippen LogP contribution in [0.5, 0.6) is 5.88 Å². The van der Waals surface area contributed by atoms with E-state index in [2.05, 4.69) is 25.7 Å². The fourth-order valence-electron chi connectivity index (χ4n) is 4.16. The van der Waals surface area contributed by atoms with Gasteiger partial charge in [0.05, 0.1) is 16.3 Å². The van der Waals surface area contributed by atoms with Crippen LogP contribution in [-0.4, -0.2) is 47.3 Å². The molecule has 11 nitrogen and oxygen atoms in total. The molecule has 2 unspecified atom stereocenters. The second-order valence-corrected chi connectivity index (χ2v) is 11.7. The topological polar surface area (TPSA) is 143 Å². The van der Waals surface area contributed by atoms with Crippen LogP contribution in [-0.2, 0) is 14.9 Å². The molecule has 14 heteroatoms. The second kappa shape index (κ2) is 11.4. The molecule has 2 amide bonds. The number of hydrogen-bond acceptors (Lipinski definition) is 9. The van der Waals surface area contributed by atoms with E-state index in [0.29, 0.717) is 10.9 Å². The number of pyridine rings is 2. The summed E-state index contributed by atoms with van der Waals surface area (Å²) < 4.78 is 31.2. The number of hydrogen-bond donors (Lipinski definition) is 2. The third kappa shape index (κ3) is 6.19. The molecule has 2 aromatic heterocycles. The summed E-state index contributed by atoms with van der Waals surface area (Å²) in [4.78, 5) is 34.8. The number of halogens is 2. The van der Waals surface area contributed by atoms with Crippen LogP contribution in [0.15, 0.2) is 66.0 Å². The van der Waals surface area contributed by atoms with E-state index in [9.17, 15) is 18.0 Å². The van der Waals surface area contributed by atoms with Crippen molar-refractivity contribution in [1.29, 1.82) is 0 Å². The molecule has 1 saturated carbocycles. The van der Waals surface area contributed by atoms with Gasteiger partial charge >= 0.3 is 10.1 Å². The molecular formula is C26H24Cl2N6O5S. The van der Waals surface area contributed by atoms with Gasteiger partial charge < -0.3 is 14.8 Å². The Morgan fingerprint density at radius 2 is 1.85 bits per heavy atom. The Bertz CT molecular complexity index is 1580. The average molecular weight is 603 g/mol. The monoisotopic (exact) mass is 602 g/mol. The summed E-state index contributed by atoms with van der Waals surface area (Å²) in [7, 11) is -4.44. The molecule has 1 aromatic carbocycles. The summed E-state index contributed by atoms with van der Waals surface area (Å²) in [6.07, 6.45) is 4.54. The number of nitrogens with zero attached hydrogens (tertiary/aromatic N) is 4. The van der Waals surface area contributed by atoms with E-state index in [0.717, 1.165) is 17.9 Å². The van der Waals surface area contributed by atoms with Crippen molar-refractivity contribution in [2.24, 2.45) is 11.0 Å². The first-order valence-corrected chi connectivity index (χ1v) is 14.5. The van der Waals surface area contributed by atoms with Crippen LogP contribution >= 0.6 is 23.2 Å². The Kier molecular flexibility index (Phi) is 7.92. The van der Waals surface area contributed by atoms with Gasteiger partial charge in [0.15, 0.2) is 10.9 Å². The number of aromatic nitrogens is 2. The molecule has 5 rings (SSSR count). The van der Waals surface area contributed by atoms with Crippen molar-refractivity contribution >= 4 is 61.7 Å². The lowest BCUT2D eigenvalue weighted by Gasteiger charge is -2.23. The summed E-state index contributed by atoms with van der Waals surface area (Å²) in [6, 6.07) is 10.9. The third-order valence-electron chi connectivity index (χ3n) is 6.43. The maximum absolute atomic E-state index is 13.6. The van der Waals surface area contributed by atoms with Gasteiger partial charge in [0, 0.05) is 35.9 Å². The van der Waals surface area contributed by atoms with Gasteiger partial charge in [-0.05, 0) is 62.1 Å². The van der Waals surface area contributed by atoms with Crippen molar-refractivity contribution in [3.63, 3.8) is 0 Å². The summed E-state index contributed by atoms with van der Waals surface area (Å²) in [5.74, 6) is -0.712. The maximum Gasteiger partial charge on any atom is 0.356 e. The first-order valence-electron chi connectivity index (χ1n) is 12.4. The molecule has 3 heterocycles. The minimum atomic E-state index is -4.44. The van der Waals surface area contributed by atoms with Crippen molar-refractivity contribution in [2.45, 2.75) is 38.3 Å². The quantitative estimate of drug-likeness (QED) is 0.364. The van der Waals surface area contributed by atoms with Crippen molar-refractivity contribution in [1.82, 2.24) is 15.3 Å². The summed E-state index contributed by atoms with van der Waals surface area (Å²) in [5, 5.41) is 11.0. The highest BCUT2D eigenvalue weighted by Gasteiger charge is 2.41. The van der Waals surface area contributed by atoms with Crippen LogP contribution in [0.25, 0.3) is 0 Å². The number of anilines is 2. The molecule has 1 fully saturated rings. The van der Waals surface area contributed by atoms with E-state index in [-0.39, 0.29) is 40.4 Å². The van der Waals surface area contributed by atoms with Crippen LogP contribution in [0.3, 0.4) is 0 Å². The molecule has 0 spiro atoms. The van der Waals surface area contributed by atoms with E-state index in [1.165, 1.54) is 42.7 Å². The van der Waals surface area contributed by atoms with Gasteiger partial charge in [-0.15, -0.1) is 0 Å². The smallest absolute Gasteiger partial charge is 0.356 e. The van der Waals surface area contributed by atoms with Gasteiger partial charge in [0.1, 0.15) is 6.04 Å². The standard InChI is InChI=1S/C26H24Cl2N6O5S/c1-15(16-7-8-16)31-25(35)18-13-17(27)9-10-20(18)32-26(36)21-14-23(33-34(21)24-19(28)5-4-12-30-24)40(37,38)39-22-6-2-3-11-29-22/h2-6,9-13,15-16,21H,7-8,14H2,1H3,(H,31,35)(H,32,36). The molecule has 1 aliphatic heterocycles. The summed E-state index contributed by atoms with van der Waals surface area (Å²) in [6.45, 7) is 1.93. The zero-order chi connectivity index (χ0) is 28.4. The molecule has 2 aliphatic rings. The third-order valence-corrected chi connectivity index (χ3v) is 8.18. The highest BCUT2D eigenvalue weighted by Crippen LogP contribution is 2.34. The predicted molar refractivity (Wildman–Crippen MR) is 151 cm³/mol. The van der Waals surface area contributed by atoms with Gasteiger partial charge in [-0.3, -0.25) is 9.59 Å². The SMILES string of the molecule is CC(NC(=O)c1cc(Cl)ccc1NC(=O)C1CC(S(=O)(=O)Oc2ccccn2)=NN1c1ncccc1Cl)C1CC1. The number of benzene rings is 1. The van der Waals surface area contributed by atoms with E-state index in [4.69, 9.17) is 27.4 Å². The molecule has 0 radical (unpaired) electrons. The van der Waals surface area contributed by atoms with E-state index in [1.807, 2.05) is 6.92 Å². The fourth-order valence-corrected chi connectivity index (χ4v) is 5.51. The Morgan fingerprint density at radius 3 is 2.55 bits per heavy atom. The van der Waals surface area contributed by atoms with Gasteiger partial charge in [0.25, 0.3) is 5.91 Å². The summed E-state index contributed by atoms with van der Waals surface area (Å²) >= 11 is 12.5. The Morgan fingerprint density at radius 1 is 1.07 bits per heavy atom. The number of hydrazone groups is 1. The molecule has 0 bridgehead atoms. The summed E-state index contributed by atoms with van der Waals surface area (Å²) in [5.41, 5.74) is 0.365. The second-order valence-electron chi connectivity index (χ2n) is 9.35. The van der Waals surface area contributed by atoms with Crippen LogP contribution in [0.1, 0.15) is 36.5 Å². The van der Waals surface area contributed by atoms with E-state index in [1.54, 1.807) is 18.2 Å². The van der Waals surface area contributed by atoms with Gasteiger partial charge in [-0.1, -0.05) is 29.3 Å². The minimum Gasteiger partial charge on any atom is -0.357 e. The first-order chi connectivity index (χ1) is 19.1. The van der Waals surface area contributed by atoms with Crippen LogP contribution in [0.4, 0.5) is 11.5 Å². The predicted octanol–water partition coefficient (Wildman–Crippen LogP) is 4.25. The van der Waals surface area contributed by atoms with Crippen molar-refractivity contribution in [2.75, 3.05) is 10.3 Å². The lowest BCUT2D eigenvalue weighted by molar-refractivity contribution is -0.117. The zero-order valence-corrected chi connectivity index (χ0v) is 23.4. The Balaban J connectivity index is 1.42. The van der Waals surface area contributed by atoms with E-state index < -0.39 is 33.0 Å². The van der Waals surface area contributed by atoms with Crippen LogP contribution < -0.4 is 19.8 Å². The van der Waals surface area contributed by atoms with Crippen molar-refractivity contribution in [3.8, 4) is 5.88 Å². The number of nitrogens with one attached hydrogen (secondary N) is 2. The molecule has 208 valence electrons. The number of amides is 2. The first kappa shape index (κ1) is 27.8. The number of carbonyl (C=O) groups excluding carboxylic acids is 2. The van der Waals surface area contributed by atoms with Gasteiger partial charge in [-0.2, -0.15) is 13.5 Å². The molecule has 2 atom stereocenters. The fraction of sp³-hybridized carbons (Fsp3) is 0.269. The zero-order valence-electron chi connectivity index (χ0n) is 21.1. The molecular weight excluding hydrogens is 579 g/mol. The Labute approximate surface area is 240 Å². The van der Waals surface area contributed by atoms with Crippen LogP contribution in [0, 0.1) is 5.92 Å². The molecule has 2 N–H and O–H groups in total. The van der Waals surface area contributed by atoms with Crippen molar-refractivity contribution in [3.05, 3.63) is 76.5 Å². The molecule has 3 aromatic rings. The Hall–Kier alpha value is -3.74. The largest absolute Gasteiger partial charge is 0.357 e. The van der Waals surface area contributed by atoms with Crippen LogP contribution in [0.2, 0.25) is 10.0 Å². The maximum atomic E-state index is 13.6. The normalized spacial score (nSPS) is 17.6. The average Bonchev–Trinajstić information content (AvgIpc) is 3.68. The molecule has 40 heavy (non-hydrogen) atoms. The highest BCUT2D eigenvalue weighted by atomic mass is 35.5. The number of carbonyl (C=O) groups is 2. The van der Waals surface area contributed by atoms with Crippen molar-refractivity contribution < 1.29 is 22.2 Å². The lowest BCUT2D eigenvalue weighted by atomic mass is 10.1.